The number of hydrogen-bond acceptors (Lipinski definition) is 8. The van der Waals surface area contributed by atoms with Crippen LogP contribution in [0.1, 0.15) is 49.3 Å². The molecule has 10 nitrogen and oxygen atoms in total. The van der Waals surface area contributed by atoms with Crippen LogP contribution >= 0.6 is 0 Å². The number of ketones is 1. The van der Waals surface area contributed by atoms with Crippen molar-refractivity contribution in [2.45, 2.75) is 50.2 Å². The molecule has 0 bridgehead atoms. The minimum Gasteiger partial charge on any atom is -0.352 e. The summed E-state index contributed by atoms with van der Waals surface area (Å²) >= 11 is 0. The SMILES string of the molecule is C=C1CC2C(=O)N3C(CO[C@H]3c3ccccc3)[C@H]2C1.O=C1CC2C(=O)N3C(CO[C@H]3c3ccccc3)[C@H]2C1.OOO. The molecule has 10 heteroatoms. The number of carbonyl (C=O) groups is 3. The van der Waals surface area contributed by atoms with E-state index in [1.807, 2.05) is 70.5 Å². The Bertz CT molecular complexity index is 1200. The Hall–Kier alpha value is -3.41. The fraction of sp³-hybridized carbons (Fsp3) is 0.452. The molecular weight excluding hydrogens is 528 g/mol. The first kappa shape index (κ1) is 27.7. The van der Waals surface area contributed by atoms with Crippen molar-refractivity contribution in [3.63, 3.8) is 0 Å². The van der Waals surface area contributed by atoms with E-state index in [9.17, 15) is 14.4 Å². The summed E-state index contributed by atoms with van der Waals surface area (Å²) in [7, 11) is 0. The van der Waals surface area contributed by atoms with Crippen molar-refractivity contribution >= 4 is 17.6 Å². The van der Waals surface area contributed by atoms with E-state index in [2.05, 4.69) is 11.6 Å². The Labute approximate surface area is 238 Å². The zero-order chi connectivity index (χ0) is 28.7. The maximum atomic E-state index is 12.6. The van der Waals surface area contributed by atoms with Crippen molar-refractivity contribution < 1.29 is 39.4 Å². The van der Waals surface area contributed by atoms with Crippen LogP contribution in [0.5, 0.6) is 0 Å². The highest BCUT2D eigenvalue weighted by Gasteiger charge is 2.58. The second-order valence-corrected chi connectivity index (χ2v) is 11.5. The summed E-state index contributed by atoms with van der Waals surface area (Å²) in [6.45, 7) is 5.27. The number of amides is 2. The lowest BCUT2D eigenvalue weighted by molar-refractivity contribution is -0.465. The summed E-state index contributed by atoms with van der Waals surface area (Å²) in [5.41, 5.74) is 3.33. The van der Waals surface area contributed by atoms with Gasteiger partial charge in [-0.15, -0.1) is 0 Å². The molecule has 4 saturated heterocycles. The Kier molecular flexibility index (Phi) is 7.76. The zero-order valence-corrected chi connectivity index (χ0v) is 22.6. The molecule has 2 saturated carbocycles. The largest absolute Gasteiger partial charge is 0.352 e. The summed E-state index contributed by atoms with van der Waals surface area (Å²) in [5, 5.41) is 15.5. The molecule has 2 amide bonds. The van der Waals surface area contributed by atoms with Gasteiger partial charge in [-0.3, -0.25) is 14.4 Å². The number of carbonyl (C=O) groups excluding carboxylic acids is 3. The second-order valence-electron chi connectivity index (χ2n) is 11.5. The predicted molar refractivity (Wildman–Crippen MR) is 144 cm³/mol. The van der Waals surface area contributed by atoms with Crippen LogP contribution in [-0.2, 0) is 28.9 Å². The number of hydrogen-bond donors (Lipinski definition) is 2. The standard InChI is InChI=1S/C16H17NO2.C15H15NO3.H2O3/c1-10-7-12-13(8-10)15(18)17-14(12)9-19-16(17)11-5-3-2-4-6-11;17-10-6-11-12(7-10)14(18)16-13(11)8-19-15(16)9-4-2-1-3-5-9;1-3-2/h2-6,12-14,16H,1,7-9H2;1-5,11-13,15H,6-8H2;1-2H/t12-,13?,14?,16-;11-,12?,13?,15-;/m00./s1. The molecule has 6 aliphatic rings. The molecule has 0 aromatic heterocycles. The Balaban J connectivity index is 0.000000135. The van der Waals surface area contributed by atoms with Crippen molar-refractivity contribution in [3.05, 3.63) is 83.9 Å². The van der Waals surface area contributed by atoms with Gasteiger partial charge in [0.1, 0.15) is 5.78 Å². The quantitative estimate of drug-likeness (QED) is 0.320. The summed E-state index contributed by atoms with van der Waals surface area (Å²) < 4.78 is 11.7. The molecule has 2 aromatic carbocycles. The van der Waals surface area contributed by atoms with E-state index in [4.69, 9.17) is 20.0 Å². The fourth-order valence-electron chi connectivity index (χ4n) is 7.65. The van der Waals surface area contributed by atoms with E-state index >= 15 is 0 Å². The van der Waals surface area contributed by atoms with Crippen molar-refractivity contribution in [3.8, 4) is 0 Å². The van der Waals surface area contributed by atoms with E-state index < -0.39 is 0 Å². The van der Waals surface area contributed by atoms with Gasteiger partial charge in [0.25, 0.3) is 0 Å². The van der Waals surface area contributed by atoms with Crippen LogP contribution in [0.3, 0.4) is 0 Å². The van der Waals surface area contributed by atoms with E-state index in [0.717, 1.165) is 24.0 Å². The Morgan fingerprint density at radius 2 is 1.12 bits per heavy atom. The van der Waals surface area contributed by atoms with Gasteiger partial charge in [-0.05, 0) is 18.8 Å². The van der Waals surface area contributed by atoms with Gasteiger partial charge in [0.2, 0.25) is 11.8 Å². The van der Waals surface area contributed by atoms with E-state index in [-0.39, 0.29) is 59.9 Å². The second kappa shape index (κ2) is 11.5. The van der Waals surface area contributed by atoms with Crippen LogP contribution in [0.4, 0.5) is 0 Å². The van der Waals surface area contributed by atoms with Crippen molar-refractivity contribution in [1.82, 2.24) is 9.80 Å². The average molecular weight is 563 g/mol. The molecule has 2 aromatic rings. The van der Waals surface area contributed by atoms with Gasteiger partial charge in [0.15, 0.2) is 12.5 Å². The van der Waals surface area contributed by atoms with Crippen molar-refractivity contribution in [2.75, 3.05) is 13.2 Å². The summed E-state index contributed by atoms with van der Waals surface area (Å²) in [6, 6.07) is 20.2. The maximum absolute atomic E-state index is 12.6. The predicted octanol–water partition coefficient (Wildman–Crippen LogP) is 3.98. The maximum Gasteiger partial charge on any atom is 0.229 e. The molecule has 41 heavy (non-hydrogen) atoms. The third kappa shape index (κ3) is 4.89. The fourth-order valence-corrected chi connectivity index (χ4v) is 7.65. The lowest BCUT2D eigenvalue weighted by Crippen LogP contribution is -2.34. The third-order valence-electron chi connectivity index (χ3n) is 9.35. The highest BCUT2D eigenvalue weighted by molar-refractivity contribution is 5.93. The molecule has 0 spiro atoms. The average Bonchev–Trinajstić information content (AvgIpc) is 3.81. The number of allylic oxidation sites excluding steroid dienone is 1. The molecule has 2 aliphatic carbocycles. The number of fused-ring (bicyclic) bond motifs is 6. The molecule has 8 rings (SSSR count). The van der Waals surface area contributed by atoms with Gasteiger partial charge >= 0.3 is 0 Å². The van der Waals surface area contributed by atoms with Crippen molar-refractivity contribution in [1.29, 1.82) is 0 Å². The Morgan fingerprint density at radius 3 is 1.61 bits per heavy atom. The van der Waals surface area contributed by atoms with Crippen LogP contribution in [0.25, 0.3) is 0 Å². The summed E-state index contributed by atoms with van der Waals surface area (Å²) in [6.07, 6.45) is 2.39. The van der Waals surface area contributed by atoms with Gasteiger partial charge < -0.3 is 19.3 Å². The molecule has 4 aliphatic heterocycles. The normalized spacial score (nSPS) is 34.5. The minimum atomic E-state index is -0.264. The number of ether oxygens (including phenoxy) is 2. The first-order valence-electron chi connectivity index (χ1n) is 14.0. The highest BCUT2D eigenvalue weighted by Crippen LogP contribution is 2.51. The first-order valence-corrected chi connectivity index (χ1v) is 14.0. The number of Topliss-reactive ketones (excluding diaryl/α,β-unsaturated/α-hetero) is 1. The number of rotatable bonds is 2. The lowest BCUT2D eigenvalue weighted by Gasteiger charge is -2.24. The van der Waals surface area contributed by atoms with Crippen LogP contribution in [0.15, 0.2) is 72.8 Å². The Morgan fingerprint density at radius 1 is 0.683 bits per heavy atom. The molecule has 6 fully saturated rings. The topological polar surface area (TPSA) is 126 Å². The van der Waals surface area contributed by atoms with Gasteiger partial charge in [-0.1, -0.05) is 77.9 Å². The number of benzene rings is 2. The van der Waals surface area contributed by atoms with Gasteiger partial charge in [0, 0.05) is 35.8 Å². The van der Waals surface area contributed by atoms with Gasteiger partial charge in [-0.25, -0.2) is 10.5 Å². The first-order chi connectivity index (χ1) is 19.9. The third-order valence-corrected chi connectivity index (χ3v) is 9.35. The molecule has 4 heterocycles. The minimum absolute atomic E-state index is 0.0902. The lowest BCUT2D eigenvalue weighted by atomic mass is 9.94. The van der Waals surface area contributed by atoms with Crippen LogP contribution in [-0.4, -0.2) is 63.2 Å². The monoisotopic (exact) mass is 562 g/mol. The molecular formula is C31H34N2O8. The number of nitrogens with zero attached hydrogens (tertiary/aromatic N) is 2. The van der Waals surface area contributed by atoms with Crippen molar-refractivity contribution in [2.24, 2.45) is 23.7 Å². The van der Waals surface area contributed by atoms with Crippen LogP contribution in [0.2, 0.25) is 0 Å². The van der Waals surface area contributed by atoms with Gasteiger partial charge in [0.05, 0.1) is 31.2 Å². The summed E-state index contributed by atoms with van der Waals surface area (Å²) in [4.78, 5) is 40.5. The molecule has 4 unspecified atom stereocenters. The molecule has 2 N–H and O–H groups in total. The van der Waals surface area contributed by atoms with E-state index in [1.54, 1.807) is 0 Å². The van der Waals surface area contributed by atoms with E-state index in [1.165, 1.54) is 5.57 Å². The van der Waals surface area contributed by atoms with Crippen LogP contribution in [0, 0.1) is 23.7 Å². The highest BCUT2D eigenvalue weighted by atomic mass is 17.4. The summed E-state index contributed by atoms with van der Waals surface area (Å²) in [5.74, 6) is 1.26. The molecule has 216 valence electrons. The zero-order valence-electron chi connectivity index (χ0n) is 22.6. The van der Waals surface area contributed by atoms with Crippen LogP contribution < -0.4 is 0 Å². The van der Waals surface area contributed by atoms with Gasteiger partial charge in [-0.2, -0.15) is 0 Å². The smallest absolute Gasteiger partial charge is 0.229 e. The van der Waals surface area contributed by atoms with E-state index in [0.29, 0.717) is 32.0 Å². The molecule has 8 atom stereocenters. The molecule has 0 radical (unpaired) electrons.